The number of hydrogen-bond donors (Lipinski definition) is 1. The van der Waals surface area contributed by atoms with Crippen molar-refractivity contribution >= 4 is 17.6 Å². The molecule has 1 saturated carbocycles. The van der Waals surface area contributed by atoms with Crippen LogP contribution in [-0.2, 0) is 14.9 Å². The summed E-state index contributed by atoms with van der Waals surface area (Å²) in [6.07, 6.45) is 3.56. The third kappa shape index (κ3) is 4.21. The summed E-state index contributed by atoms with van der Waals surface area (Å²) < 4.78 is 15.6. The van der Waals surface area contributed by atoms with E-state index in [1.165, 1.54) is 7.11 Å². The van der Waals surface area contributed by atoms with Crippen molar-refractivity contribution in [3.63, 3.8) is 0 Å². The van der Waals surface area contributed by atoms with Crippen molar-refractivity contribution in [2.45, 2.75) is 38.0 Å². The van der Waals surface area contributed by atoms with Crippen LogP contribution in [0.1, 0.15) is 48.5 Å². The Kier molecular flexibility index (Phi) is 6.42. The Hall–Kier alpha value is -3.02. The highest BCUT2D eigenvalue weighted by Gasteiger charge is 2.42. The van der Waals surface area contributed by atoms with Crippen LogP contribution in [-0.4, -0.2) is 32.7 Å². The number of methoxy groups -OCH3 is 2. The second kappa shape index (κ2) is 8.99. The fraction of sp³-hybridized carbons (Fsp3) is 0.391. The number of nitrogens with one attached hydrogen (secondary N) is 1. The second-order valence-electron chi connectivity index (χ2n) is 7.11. The van der Waals surface area contributed by atoms with Crippen LogP contribution < -0.4 is 14.8 Å². The molecule has 0 bridgehead atoms. The molecular formula is C23H27NO5. The van der Waals surface area contributed by atoms with Gasteiger partial charge in [-0.25, -0.2) is 4.79 Å². The predicted molar refractivity (Wildman–Crippen MR) is 111 cm³/mol. The van der Waals surface area contributed by atoms with E-state index in [-0.39, 0.29) is 11.5 Å². The Morgan fingerprint density at radius 1 is 1.03 bits per heavy atom. The number of benzene rings is 2. The highest BCUT2D eigenvalue weighted by Crippen LogP contribution is 2.42. The van der Waals surface area contributed by atoms with E-state index in [9.17, 15) is 9.59 Å². The van der Waals surface area contributed by atoms with Crippen molar-refractivity contribution in [3.05, 3.63) is 53.6 Å². The van der Waals surface area contributed by atoms with Crippen LogP contribution in [0.25, 0.3) is 0 Å². The van der Waals surface area contributed by atoms with E-state index in [0.29, 0.717) is 18.0 Å². The highest BCUT2D eigenvalue weighted by atomic mass is 16.5. The first-order valence-corrected chi connectivity index (χ1v) is 9.85. The SMILES string of the molecule is CCOc1ccc(NC(=O)C2(c3ccc(OC)cc3)CCCC2)cc1C(=O)OC. The summed E-state index contributed by atoms with van der Waals surface area (Å²) in [6.45, 7) is 2.27. The number of ether oxygens (including phenoxy) is 3. The van der Waals surface area contributed by atoms with Gasteiger partial charge >= 0.3 is 5.97 Å². The molecule has 0 radical (unpaired) electrons. The lowest BCUT2D eigenvalue weighted by molar-refractivity contribution is -0.121. The Morgan fingerprint density at radius 3 is 2.31 bits per heavy atom. The number of hydrogen-bond acceptors (Lipinski definition) is 5. The molecule has 0 aromatic heterocycles. The van der Waals surface area contributed by atoms with Crippen molar-refractivity contribution in [3.8, 4) is 11.5 Å². The maximum Gasteiger partial charge on any atom is 0.341 e. The Labute approximate surface area is 171 Å². The summed E-state index contributed by atoms with van der Waals surface area (Å²) in [6, 6.07) is 12.7. The fourth-order valence-electron chi connectivity index (χ4n) is 3.94. The number of carbonyl (C=O) groups is 2. The molecule has 0 saturated heterocycles. The molecule has 0 spiro atoms. The Balaban J connectivity index is 1.89. The van der Waals surface area contributed by atoms with Gasteiger partial charge in [-0.05, 0) is 55.7 Å². The number of amides is 1. The molecule has 2 aromatic rings. The lowest BCUT2D eigenvalue weighted by atomic mass is 9.78. The number of carbonyl (C=O) groups excluding carboxylic acids is 2. The monoisotopic (exact) mass is 397 g/mol. The minimum absolute atomic E-state index is 0.0693. The quantitative estimate of drug-likeness (QED) is 0.704. The lowest BCUT2D eigenvalue weighted by Crippen LogP contribution is -2.38. The first kappa shape index (κ1) is 20.7. The molecule has 0 atom stereocenters. The van der Waals surface area contributed by atoms with E-state index in [1.54, 1.807) is 25.3 Å². The van der Waals surface area contributed by atoms with Crippen molar-refractivity contribution in [2.75, 3.05) is 26.1 Å². The number of rotatable bonds is 7. The zero-order chi connectivity index (χ0) is 20.9. The molecule has 6 nitrogen and oxygen atoms in total. The predicted octanol–water partition coefficient (Wildman–Crippen LogP) is 4.33. The van der Waals surface area contributed by atoms with Crippen molar-refractivity contribution in [2.24, 2.45) is 0 Å². The van der Waals surface area contributed by atoms with Crippen LogP contribution in [0, 0.1) is 0 Å². The van der Waals surface area contributed by atoms with E-state index in [2.05, 4.69) is 5.32 Å². The van der Waals surface area contributed by atoms with Crippen LogP contribution in [0.2, 0.25) is 0 Å². The van der Waals surface area contributed by atoms with Gasteiger partial charge in [-0.15, -0.1) is 0 Å². The largest absolute Gasteiger partial charge is 0.497 e. The van der Waals surface area contributed by atoms with E-state index >= 15 is 0 Å². The van der Waals surface area contributed by atoms with Crippen molar-refractivity contribution in [1.82, 2.24) is 0 Å². The maximum atomic E-state index is 13.4. The summed E-state index contributed by atoms with van der Waals surface area (Å²) >= 11 is 0. The standard InChI is InChI=1S/C23H27NO5/c1-4-29-20-12-9-17(15-19(20)21(25)28-3)24-22(26)23(13-5-6-14-23)16-7-10-18(27-2)11-8-16/h7-12,15H,4-6,13-14H2,1-3H3,(H,24,26). The van der Waals surface area contributed by atoms with Crippen molar-refractivity contribution in [1.29, 1.82) is 0 Å². The van der Waals surface area contributed by atoms with Crippen LogP contribution >= 0.6 is 0 Å². The maximum absolute atomic E-state index is 13.4. The summed E-state index contributed by atoms with van der Waals surface area (Å²) in [5.74, 6) is 0.620. The van der Waals surface area contributed by atoms with E-state index in [1.807, 2.05) is 31.2 Å². The fourth-order valence-corrected chi connectivity index (χ4v) is 3.94. The molecule has 154 valence electrons. The minimum Gasteiger partial charge on any atom is -0.497 e. The van der Waals surface area contributed by atoms with Gasteiger partial charge in [0.2, 0.25) is 5.91 Å². The molecule has 0 unspecified atom stereocenters. The van der Waals surface area contributed by atoms with Crippen LogP contribution in [0.5, 0.6) is 11.5 Å². The molecular weight excluding hydrogens is 370 g/mol. The minimum atomic E-state index is -0.587. The normalized spacial score (nSPS) is 14.9. The second-order valence-corrected chi connectivity index (χ2v) is 7.11. The molecule has 1 fully saturated rings. The molecule has 1 N–H and O–H groups in total. The van der Waals surface area contributed by atoms with Gasteiger partial charge in [0.15, 0.2) is 0 Å². The molecule has 6 heteroatoms. The third-order valence-electron chi connectivity index (χ3n) is 5.48. The molecule has 0 heterocycles. The molecule has 29 heavy (non-hydrogen) atoms. The van der Waals surface area contributed by atoms with Gasteiger partial charge < -0.3 is 19.5 Å². The first-order valence-electron chi connectivity index (χ1n) is 9.85. The topological polar surface area (TPSA) is 73.9 Å². The number of anilines is 1. The molecule has 3 rings (SSSR count). The van der Waals surface area contributed by atoms with E-state index < -0.39 is 11.4 Å². The smallest absolute Gasteiger partial charge is 0.341 e. The third-order valence-corrected chi connectivity index (χ3v) is 5.48. The van der Waals surface area contributed by atoms with Crippen molar-refractivity contribution < 1.29 is 23.8 Å². The van der Waals surface area contributed by atoms with Crippen LogP contribution in [0.3, 0.4) is 0 Å². The average Bonchev–Trinajstić information content (AvgIpc) is 3.26. The van der Waals surface area contributed by atoms with Gasteiger partial charge in [-0.3, -0.25) is 4.79 Å². The van der Waals surface area contributed by atoms with E-state index in [0.717, 1.165) is 37.0 Å². The van der Waals surface area contributed by atoms with Gasteiger partial charge in [0.25, 0.3) is 0 Å². The van der Waals surface area contributed by atoms with Gasteiger partial charge in [-0.1, -0.05) is 25.0 Å². The Bertz CT molecular complexity index is 869. The molecule has 1 aliphatic carbocycles. The zero-order valence-electron chi connectivity index (χ0n) is 17.1. The molecule has 2 aromatic carbocycles. The summed E-state index contributed by atoms with van der Waals surface area (Å²) in [5.41, 5.74) is 1.22. The van der Waals surface area contributed by atoms with Gasteiger partial charge in [0.05, 0.1) is 26.2 Å². The zero-order valence-corrected chi connectivity index (χ0v) is 17.1. The highest BCUT2D eigenvalue weighted by molar-refractivity contribution is 6.01. The molecule has 1 amide bonds. The lowest BCUT2D eigenvalue weighted by Gasteiger charge is -2.28. The summed E-state index contributed by atoms with van der Waals surface area (Å²) in [7, 11) is 2.94. The summed E-state index contributed by atoms with van der Waals surface area (Å²) in [4.78, 5) is 25.5. The van der Waals surface area contributed by atoms with Gasteiger partial charge in [-0.2, -0.15) is 0 Å². The van der Waals surface area contributed by atoms with Gasteiger partial charge in [0.1, 0.15) is 17.1 Å². The van der Waals surface area contributed by atoms with E-state index in [4.69, 9.17) is 14.2 Å². The summed E-state index contributed by atoms with van der Waals surface area (Å²) in [5, 5.41) is 3.01. The number of esters is 1. The molecule has 1 aliphatic rings. The first-order chi connectivity index (χ1) is 14.0. The average molecular weight is 397 g/mol. The Morgan fingerprint density at radius 2 is 1.72 bits per heavy atom. The van der Waals surface area contributed by atoms with Crippen LogP contribution in [0.15, 0.2) is 42.5 Å². The van der Waals surface area contributed by atoms with Crippen LogP contribution in [0.4, 0.5) is 5.69 Å². The molecule has 0 aliphatic heterocycles. The van der Waals surface area contributed by atoms with Gasteiger partial charge in [0, 0.05) is 5.69 Å².